The molecule has 0 saturated carbocycles. The fraction of sp³-hybridized carbons (Fsp3) is 0.500. The molecule has 0 spiro atoms. The lowest BCUT2D eigenvalue weighted by Gasteiger charge is -2.09. The third kappa shape index (κ3) is 2.42. The number of furan rings is 1. The molecule has 1 N–H and O–H groups in total. The molecule has 0 atom stereocenters. The van der Waals surface area contributed by atoms with Crippen LogP contribution >= 0.6 is 0 Å². The van der Waals surface area contributed by atoms with Gasteiger partial charge in [0.15, 0.2) is 5.58 Å². The van der Waals surface area contributed by atoms with Crippen LogP contribution in [0, 0.1) is 0 Å². The van der Waals surface area contributed by atoms with Gasteiger partial charge in [-0.15, -0.1) is 0 Å². The number of nitrogens with one attached hydrogen (secondary N) is 1. The van der Waals surface area contributed by atoms with Gasteiger partial charge in [-0.2, -0.15) is 0 Å². The van der Waals surface area contributed by atoms with Gasteiger partial charge in [-0.05, 0) is 12.8 Å². The van der Waals surface area contributed by atoms with E-state index >= 15 is 0 Å². The van der Waals surface area contributed by atoms with E-state index in [1.165, 1.54) is 0 Å². The average molecular weight is 248 g/mol. The van der Waals surface area contributed by atoms with Crippen LogP contribution < -0.4 is 5.32 Å². The maximum atomic E-state index is 12.1. The molecule has 4 heteroatoms. The number of carbonyl (C=O) groups is 1. The first kappa shape index (κ1) is 12.7. The fourth-order valence-electron chi connectivity index (χ4n) is 2.05. The Morgan fingerprint density at radius 3 is 2.94 bits per heavy atom. The predicted molar refractivity (Wildman–Crippen MR) is 71.7 cm³/mol. The molecule has 0 aliphatic carbocycles. The second kappa shape index (κ2) is 5.76. The van der Waals surface area contributed by atoms with Crippen LogP contribution in [0.5, 0.6) is 0 Å². The summed E-state index contributed by atoms with van der Waals surface area (Å²) in [6, 6.07) is 3.75. The van der Waals surface area contributed by atoms with Gasteiger partial charge in [-0.25, -0.2) is 0 Å². The van der Waals surface area contributed by atoms with E-state index in [0.717, 1.165) is 36.9 Å². The summed E-state index contributed by atoms with van der Waals surface area (Å²) >= 11 is 0. The topological polar surface area (TPSA) is 47.2 Å². The molecule has 2 rings (SSSR count). The van der Waals surface area contributed by atoms with Crippen LogP contribution in [-0.2, 0) is 6.54 Å². The highest BCUT2D eigenvalue weighted by Crippen LogP contribution is 2.21. The summed E-state index contributed by atoms with van der Waals surface area (Å²) in [7, 11) is 0. The molecule has 2 aromatic rings. The van der Waals surface area contributed by atoms with Gasteiger partial charge in [0.1, 0.15) is 5.69 Å². The van der Waals surface area contributed by atoms with E-state index in [1.54, 1.807) is 6.26 Å². The molecule has 1 amide bonds. The minimum Gasteiger partial charge on any atom is -0.463 e. The maximum Gasteiger partial charge on any atom is 0.268 e. The first-order valence-corrected chi connectivity index (χ1v) is 6.62. The zero-order valence-corrected chi connectivity index (χ0v) is 11.0. The Morgan fingerprint density at radius 2 is 2.22 bits per heavy atom. The SMILES string of the molecule is CCCCn1c(C(=O)NCCC)cc2occc21. The molecule has 0 saturated heterocycles. The molecule has 2 aromatic heterocycles. The highest BCUT2D eigenvalue weighted by atomic mass is 16.3. The van der Waals surface area contributed by atoms with E-state index in [9.17, 15) is 4.79 Å². The zero-order valence-electron chi connectivity index (χ0n) is 11.0. The molecule has 0 aromatic carbocycles. The van der Waals surface area contributed by atoms with Crippen LogP contribution in [0.25, 0.3) is 11.1 Å². The van der Waals surface area contributed by atoms with Gasteiger partial charge in [-0.1, -0.05) is 20.3 Å². The van der Waals surface area contributed by atoms with Crippen molar-refractivity contribution in [3.8, 4) is 0 Å². The maximum absolute atomic E-state index is 12.1. The van der Waals surface area contributed by atoms with E-state index in [1.807, 2.05) is 23.6 Å². The Labute approximate surface area is 107 Å². The number of unbranched alkanes of at least 4 members (excludes halogenated alkanes) is 1. The molecular formula is C14H20N2O2. The fourth-order valence-corrected chi connectivity index (χ4v) is 2.05. The highest BCUT2D eigenvalue weighted by Gasteiger charge is 2.16. The standard InChI is InChI=1S/C14H20N2O2/c1-3-5-8-16-11-6-9-18-13(11)10-12(16)14(17)15-7-4-2/h6,9-10H,3-5,7-8H2,1-2H3,(H,15,17). The van der Waals surface area contributed by atoms with Crippen molar-refractivity contribution in [3.63, 3.8) is 0 Å². The number of carbonyl (C=O) groups excluding carboxylic acids is 1. The van der Waals surface area contributed by atoms with Gasteiger partial charge in [0.2, 0.25) is 0 Å². The molecule has 0 aliphatic heterocycles. The van der Waals surface area contributed by atoms with Gasteiger partial charge in [-0.3, -0.25) is 4.79 Å². The largest absolute Gasteiger partial charge is 0.463 e. The average Bonchev–Trinajstić information content (AvgIpc) is 2.94. The number of aromatic nitrogens is 1. The molecule has 0 fully saturated rings. The monoisotopic (exact) mass is 248 g/mol. The van der Waals surface area contributed by atoms with Crippen molar-refractivity contribution >= 4 is 17.0 Å². The minimum absolute atomic E-state index is 0.0145. The number of hydrogen-bond acceptors (Lipinski definition) is 2. The molecule has 0 unspecified atom stereocenters. The number of nitrogens with zero attached hydrogens (tertiary/aromatic N) is 1. The first-order chi connectivity index (χ1) is 8.77. The first-order valence-electron chi connectivity index (χ1n) is 6.62. The summed E-state index contributed by atoms with van der Waals surface area (Å²) in [5.41, 5.74) is 2.49. The summed E-state index contributed by atoms with van der Waals surface area (Å²) in [6.07, 6.45) is 4.77. The molecule has 0 bridgehead atoms. The molecule has 4 nitrogen and oxygen atoms in total. The van der Waals surface area contributed by atoms with Crippen molar-refractivity contribution in [3.05, 3.63) is 24.1 Å². The van der Waals surface area contributed by atoms with Crippen LogP contribution in [0.1, 0.15) is 43.6 Å². The van der Waals surface area contributed by atoms with Crippen molar-refractivity contribution in [2.24, 2.45) is 0 Å². The Bertz CT molecular complexity index is 525. The van der Waals surface area contributed by atoms with Crippen molar-refractivity contribution < 1.29 is 9.21 Å². The van der Waals surface area contributed by atoms with Crippen LogP contribution in [0.2, 0.25) is 0 Å². The summed E-state index contributed by atoms with van der Waals surface area (Å²) in [5, 5.41) is 2.91. The van der Waals surface area contributed by atoms with E-state index in [4.69, 9.17) is 4.42 Å². The molecule has 0 aliphatic rings. The quantitative estimate of drug-likeness (QED) is 0.853. The predicted octanol–water partition coefficient (Wildman–Crippen LogP) is 3.17. The van der Waals surface area contributed by atoms with E-state index in [0.29, 0.717) is 12.2 Å². The molecule has 18 heavy (non-hydrogen) atoms. The Morgan fingerprint density at radius 1 is 1.39 bits per heavy atom. The highest BCUT2D eigenvalue weighted by molar-refractivity contribution is 5.97. The third-order valence-corrected chi connectivity index (χ3v) is 3.03. The molecule has 98 valence electrons. The van der Waals surface area contributed by atoms with E-state index in [2.05, 4.69) is 12.2 Å². The van der Waals surface area contributed by atoms with Gasteiger partial charge >= 0.3 is 0 Å². The summed E-state index contributed by atoms with van der Waals surface area (Å²) < 4.78 is 7.42. The van der Waals surface area contributed by atoms with Crippen molar-refractivity contribution in [1.82, 2.24) is 9.88 Å². The molecule has 2 heterocycles. The Kier molecular flexibility index (Phi) is 4.07. The van der Waals surface area contributed by atoms with E-state index in [-0.39, 0.29) is 5.91 Å². The number of hydrogen-bond donors (Lipinski definition) is 1. The number of fused-ring (bicyclic) bond motifs is 1. The number of aryl methyl sites for hydroxylation is 1. The van der Waals surface area contributed by atoms with Gasteiger partial charge in [0.25, 0.3) is 5.91 Å². The molecule has 0 radical (unpaired) electrons. The van der Waals surface area contributed by atoms with Crippen LogP contribution in [-0.4, -0.2) is 17.0 Å². The smallest absolute Gasteiger partial charge is 0.268 e. The van der Waals surface area contributed by atoms with Crippen molar-refractivity contribution in [1.29, 1.82) is 0 Å². The van der Waals surface area contributed by atoms with E-state index < -0.39 is 0 Å². The second-order valence-corrected chi connectivity index (χ2v) is 4.46. The summed E-state index contributed by atoms with van der Waals surface area (Å²) in [4.78, 5) is 12.1. The minimum atomic E-state index is -0.0145. The van der Waals surface area contributed by atoms with Crippen LogP contribution in [0.3, 0.4) is 0 Å². The van der Waals surface area contributed by atoms with Crippen LogP contribution in [0.4, 0.5) is 0 Å². The zero-order chi connectivity index (χ0) is 13.0. The second-order valence-electron chi connectivity index (χ2n) is 4.46. The third-order valence-electron chi connectivity index (χ3n) is 3.03. The lowest BCUT2D eigenvalue weighted by atomic mass is 10.3. The Hall–Kier alpha value is -1.71. The number of amides is 1. The summed E-state index contributed by atoms with van der Waals surface area (Å²) in [5.74, 6) is -0.0145. The lowest BCUT2D eigenvalue weighted by molar-refractivity contribution is 0.0944. The van der Waals surface area contributed by atoms with Gasteiger partial charge in [0, 0.05) is 25.2 Å². The lowest BCUT2D eigenvalue weighted by Crippen LogP contribution is -2.26. The van der Waals surface area contributed by atoms with Gasteiger partial charge < -0.3 is 14.3 Å². The van der Waals surface area contributed by atoms with Gasteiger partial charge in [0.05, 0.1) is 11.8 Å². The van der Waals surface area contributed by atoms with Crippen LogP contribution in [0.15, 0.2) is 22.8 Å². The Balaban J connectivity index is 2.29. The molecular weight excluding hydrogens is 228 g/mol. The van der Waals surface area contributed by atoms with Crippen molar-refractivity contribution in [2.45, 2.75) is 39.7 Å². The number of rotatable bonds is 6. The summed E-state index contributed by atoms with van der Waals surface area (Å²) in [6.45, 7) is 5.75. The normalized spacial score (nSPS) is 11.0. The van der Waals surface area contributed by atoms with Crippen molar-refractivity contribution in [2.75, 3.05) is 6.54 Å².